The van der Waals surface area contributed by atoms with E-state index in [2.05, 4.69) is 22.0 Å². The van der Waals surface area contributed by atoms with Crippen molar-refractivity contribution in [2.75, 3.05) is 32.7 Å². The summed E-state index contributed by atoms with van der Waals surface area (Å²) >= 11 is 0. The van der Waals surface area contributed by atoms with Crippen LogP contribution in [0.15, 0.2) is 24.4 Å². The average Bonchev–Trinajstić information content (AvgIpc) is 2.56. The van der Waals surface area contributed by atoms with Gasteiger partial charge in [-0.1, -0.05) is 6.07 Å². The molecule has 3 heterocycles. The van der Waals surface area contributed by atoms with Gasteiger partial charge in [-0.15, -0.1) is 0 Å². The summed E-state index contributed by atoms with van der Waals surface area (Å²) in [5.74, 6) is 0.657. The van der Waals surface area contributed by atoms with Gasteiger partial charge in [0.05, 0.1) is 5.60 Å². The first kappa shape index (κ1) is 16.4. The molecule has 0 saturated carbocycles. The van der Waals surface area contributed by atoms with Crippen LogP contribution in [-0.4, -0.2) is 64.1 Å². The number of β-amino-alcohol motifs (C(OH)–C–C–N with tert-alkyl or cyclic N) is 1. The average molecular weight is 317 g/mol. The molecule has 0 bridgehead atoms. The summed E-state index contributed by atoms with van der Waals surface area (Å²) in [5.41, 5.74) is 0.560. The zero-order chi connectivity index (χ0) is 16.3. The third-order valence-electron chi connectivity index (χ3n) is 5.35. The lowest BCUT2D eigenvalue weighted by Gasteiger charge is -2.42. The maximum atomic E-state index is 11.4. The van der Waals surface area contributed by atoms with E-state index < -0.39 is 5.60 Å². The standard InChI is InChI=1S/C18H27N3O2/c1-15(22)21-12-7-18(23,8-13-21)14-20-10-5-16(6-11-20)17-4-2-3-9-19-17/h2-4,9,16,23H,5-8,10-14H2,1H3. The molecule has 5 heteroatoms. The molecule has 23 heavy (non-hydrogen) atoms. The quantitative estimate of drug-likeness (QED) is 0.921. The number of nitrogens with zero attached hydrogens (tertiary/aromatic N) is 3. The van der Waals surface area contributed by atoms with Crippen LogP contribution < -0.4 is 0 Å². The normalized spacial score (nSPS) is 23.0. The second-order valence-electron chi connectivity index (χ2n) is 7.04. The van der Waals surface area contributed by atoms with Crippen LogP contribution >= 0.6 is 0 Å². The highest BCUT2D eigenvalue weighted by atomic mass is 16.3. The van der Waals surface area contributed by atoms with E-state index >= 15 is 0 Å². The largest absolute Gasteiger partial charge is 0.388 e. The molecular formula is C18H27N3O2. The Morgan fingerprint density at radius 2 is 1.96 bits per heavy atom. The highest BCUT2D eigenvalue weighted by Crippen LogP contribution is 2.29. The molecule has 0 aromatic carbocycles. The van der Waals surface area contributed by atoms with Crippen LogP contribution in [0.2, 0.25) is 0 Å². The van der Waals surface area contributed by atoms with Gasteiger partial charge in [-0.05, 0) is 50.9 Å². The van der Waals surface area contributed by atoms with E-state index in [0.717, 1.165) is 32.5 Å². The van der Waals surface area contributed by atoms with Crippen molar-refractivity contribution in [3.63, 3.8) is 0 Å². The molecule has 1 aromatic rings. The van der Waals surface area contributed by atoms with Crippen molar-refractivity contribution >= 4 is 5.91 Å². The lowest BCUT2D eigenvalue weighted by atomic mass is 9.88. The number of hydrogen-bond acceptors (Lipinski definition) is 4. The van der Waals surface area contributed by atoms with Crippen molar-refractivity contribution < 1.29 is 9.90 Å². The lowest BCUT2D eigenvalue weighted by molar-refractivity contribution is -0.133. The number of pyridine rings is 1. The number of carbonyl (C=O) groups is 1. The minimum absolute atomic E-state index is 0.114. The molecule has 2 saturated heterocycles. The molecule has 2 fully saturated rings. The molecule has 0 spiro atoms. The molecule has 0 aliphatic carbocycles. The van der Waals surface area contributed by atoms with E-state index in [-0.39, 0.29) is 5.91 Å². The Labute approximate surface area is 138 Å². The fourth-order valence-electron chi connectivity index (χ4n) is 3.82. The Balaban J connectivity index is 1.48. The van der Waals surface area contributed by atoms with Gasteiger partial charge in [0.1, 0.15) is 0 Å². The summed E-state index contributed by atoms with van der Waals surface area (Å²) in [5, 5.41) is 10.8. The predicted octanol–water partition coefficient (Wildman–Crippen LogP) is 1.63. The first-order chi connectivity index (χ1) is 11.1. The predicted molar refractivity (Wildman–Crippen MR) is 89.1 cm³/mol. The number of aliphatic hydroxyl groups is 1. The van der Waals surface area contributed by atoms with Crippen molar-refractivity contribution in [1.29, 1.82) is 0 Å². The van der Waals surface area contributed by atoms with Gasteiger partial charge in [-0.2, -0.15) is 0 Å². The summed E-state index contributed by atoms with van der Waals surface area (Å²) in [6.07, 6.45) is 5.45. The van der Waals surface area contributed by atoms with E-state index in [0.29, 0.717) is 31.8 Å². The molecule has 1 aromatic heterocycles. The maximum absolute atomic E-state index is 11.4. The summed E-state index contributed by atoms with van der Waals surface area (Å²) in [4.78, 5) is 20.1. The molecule has 126 valence electrons. The van der Waals surface area contributed by atoms with E-state index in [9.17, 15) is 9.90 Å². The number of hydrogen-bond donors (Lipinski definition) is 1. The molecule has 1 N–H and O–H groups in total. The van der Waals surface area contributed by atoms with Crippen LogP contribution in [0.25, 0.3) is 0 Å². The summed E-state index contributed by atoms with van der Waals surface area (Å²) in [7, 11) is 0. The smallest absolute Gasteiger partial charge is 0.219 e. The van der Waals surface area contributed by atoms with E-state index in [4.69, 9.17) is 0 Å². The summed E-state index contributed by atoms with van der Waals surface area (Å²) in [6, 6.07) is 6.13. The molecule has 3 rings (SSSR count). The van der Waals surface area contributed by atoms with Crippen molar-refractivity contribution in [1.82, 2.24) is 14.8 Å². The fourth-order valence-corrected chi connectivity index (χ4v) is 3.82. The molecule has 5 nitrogen and oxygen atoms in total. The molecule has 2 aliphatic heterocycles. The number of carbonyl (C=O) groups excluding carboxylic acids is 1. The van der Waals surface area contributed by atoms with Crippen LogP contribution in [0.5, 0.6) is 0 Å². The molecule has 2 aliphatic rings. The summed E-state index contributed by atoms with van der Waals surface area (Å²) < 4.78 is 0. The second-order valence-corrected chi connectivity index (χ2v) is 7.04. The van der Waals surface area contributed by atoms with Gasteiger partial charge < -0.3 is 14.9 Å². The third-order valence-corrected chi connectivity index (χ3v) is 5.35. The van der Waals surface area contributed by atoms with Gasteiger partial charge in [0.25, 0.3) is 0 Å². The SMILES string of the molecule is CC(=O)N1CCC(O)(CN2CCC(c3ccccn3)CC2)CC1. The summed E-state index contributed by atoms with van der Waals surface area (Å²) in [6.45, 7) is 5.72. The highest BCUT2D eigenvalue weighted by molar-refractivity contribution is 5.73. The molecular weight excluding hydrogens is 290 g/mol. The Bertz CT molecular complexity index is 518. The number of amides is 1. The third kappa shape index (κ3) is 4.09. The minimum atomic E-state index is -0.635. The molecule has 0 radical (unpaired) electrons. The fraction of sp³-hybridized carbons (Fsp3) is 0.667. The maximum Gasteiger partial charge on any atom is 0.219 e. The number of aromatic nitrogens is 1. The van der Waals surface area contributed by atoms with Gasteiger partial charge in [-0.3, -0.25) is 9.78 Å². The van der Waals surface area contributed by atoms with Crippen LogP contribution in [0.3, 0.4) is 0 Å². The zero-order valence-corrected chi connectivity index (χ0v) is 13.9. The number of piperidine rings is 2. The van der Waals surface area contributed by atoms with E-state index in [1.54, 1.807) is 6.92 Å². The number of likely N-dealkylation sites (tertiary alicyclic amines) is 2. The van der Waals surface area contributed by atoms with Crippen LogP contribution in [0.4, 0.5) is 0 Å². The zero-order valence-electron chi connectivity index (χ0n) is 13.9. The van der Waals surface area contributed by atoms with Crippen LogP contribution in [0, 0.1) is 0 Å². The Morgan fingerprint density at radius 1 is 1.26 bits per heavy atom. The van der Waals surface area contributed by atoms with Crippen molar-refractivity contribution in [2.24, 2.45) is 0 Å². The van der Waals surface area contributed by atoms with E-state index in [1.165, 1.54) is 5.69 Å². The van der Waals surface area contributed by atoms with Gasteiger partial charge in [-0.25, -0.2) is 0 Å². The van der Waals surface area contributed by atoms with Crippen molar-refractivity contribution in [3.05, 3.63) is 30.1 Å². The molecule has 1 amide bonds. The van der Waals surface area contributed by atoms with Gasteiger partial charge in [0, 0.05) is 44.4 Å². The highest BCUT2D eigenvalue weighted by Gasteiger charge is 2.35. The van der Waals surface area contributed by atoms with Crippen LogP contribution in [-0.2, 0) is 4.79 Å². The van der Waals surface area contributed by atoms with Crippen molar-refractivity contribution in [2.45, 2.75) is 44.1 Å². The van der Waals surface area contributed by atoms with Crippen LogP contribution in [0.1, 0.15) is 44.2 Å². The minimum Gasteiger partial charge on any atom is -0.388 e. The van der Waals surface area contributed by atoms with Gasteiger partial charge in [0.2, 0.25) is 5.91 Å². The van der Waals surface area contributed by atoms with Gasteiger partial charge >= 0.3 is 0 Å². The van der Waals surface area contributed by atoms with Crippen molar-refractivity contribution in [3.8, 4) is 0 Å². The Kier molecular flexibility index (Phi) is 4.97. The second kappa shape index (κ2) is 6.97. The Hall–Kier alpha value is -1.46. The Morgan fingerprint density at radius 3 is 2.52 bits per heavy atom. The lowest BCUT2D eigenvalue weighted by Crippen LogP contribution is -2.52. The number of rotatable bonds is 3. The molecule has 0 atom stereocenters. The van der Waals surface area contributed by atoms with E-state index in [1.807, 2.05) is 17.2 Å². The first-order valence-corrected chi connectivity index (χ1v) is 8.67. The first-order valence-electron chi connectivity index (χ1n) is 8.67. The monoisotopic (exact) mass is 317 g/mol. The molecule has 0 unspecified atom stereocenters. The topological polar surface area (TPSA) is 56.7 Å². The van der Waals surface area contributed by atoms with Gasteiger partial charge in [0.15, 0.2) is 0 Å².